The van der Waals surface area contributed by atoms with Gasteiger partial charge in [0.2, 0.25) is 0 Å². The molecule has 1 fully saturated rings. The third-order valence-corrected chi connectivity index (χ3v) is 2.50. The molecule has 2 amide bonds. The fourth-order valence-electron chi connectivity index (χ4n) is 1.65. The van der Waals surface area contributed by atoms with Crippen LogP contribution in [0.15, 0.2) is 18.3 Å². The Kier molecular flexibility index (Phi) is 3.34. The third kappa shape index (κ3) is 2.79. The predicted octanol–water partition coefficient (Wildman–Crippen LogP) is 0.298. The Balaban J connectivity index is 2.05. The van der Waals surface area contributed by atoms with Gasteiger partial charge in [-0.1, -0.05) is 0 Å². The molecule has 0 spiro atoms. The van der Waals surface area contributed by atoms with E-state index in [4.69, 9.17) is 10.5 Å². The van der Waals surface area contributed by atoms with E-state index in [1.807, 2.05) is 0 Å². The van der Waals surface area contributed by atoms with Crippen molar-refractivity contribution in [1.29, 1.82) is 0 Å². The summed E-state index contributed by atoms with van der Waals surface area (Å²) < 4.78 is 5.25. The van der Waals surface area contributed by atoms with Crippen molar-refractivity contribution in [2.24, 2.45) is 5.73 Å². The molecule has 0 aliphatic carbocycles. The molecule has 0 unspecified atom stereocenters. The molecular weight excluding hydrogens is 222 g/mol. The number of primary amides is 1. The molecule has 3 N–H and O–H groups in total. The highest BCUT2D eigenvalue weighted by Crippen LogP contribution is 2.15. The molecule has 2 heterocycles. The van der Waals surface area contributed by atoms with Gasteiger partial charge in [-0.05, 0) is 25.0 Å². The van der Waals surface area contributed by atoms with Gasteiger partial charge in [-0.15, -0.1) is 0 Å². The first kappa shape index (κ1) is 11.5. The van der Waals surface area contributed by atoms with Gasteiger partial charge in [0, 0.05) is 18.5 Å². The molecule has 0 aromatic carbocycles. The Labute approximate surface area is 98.2 Å². The number of hydrogen-bond donors (Lipinski definition) is 2. The van der Waals surface area contributed by atoms with Gasteiger partial charge < -0.3 is 15.8 Å². The van der Waals surface area contributed by atoms with Gasteiger partial charge in [-0.25, -0.2) is 0 Å². The lowest BCUT2D eigenvalue weighted by Crippen LogP contribution is -2.27. The lowest BCUT2D eigenvalue weighted by atomic mass is 10.2. The molecule has 2 rings (SSSR count). The number of anilines is 1. The van der Waals surface area contributed by atoms with E-state index in [0.717, 1.165) is 12.8 Å². The molecule has 90 valence electrons. The monoisotopic (exact) mass is 235 g/mol. The second-order valence-corrected chi connectivity index (χ2v) is 3.78. The molecule has 0 bridgehead atoms. The minimum Gasteiger partial charge on any atom is -0.368 e. The van der Waals surface area contributed by atoms with Crippen LogP contribution in [0.25, 0.3) is 0 Å². The number of amides is 2. The lowest BCUT2D eigenvalue weighted by molar-refractivity contribution is -0.124. The predicted molar refractivity (Wildman–Crippen MR) is 60.4 cm³/mol. The van der Waals surface area contributed by atoms with Crippen molar-refractivity contribution >= 4 is 17.5 Å². The van der Waals surface area contributed by atoms with Crippen molar-refractivity contribution in [3.05, 3.63) is 24.0 Å². The number of pyridine rings is 1. The van der Waals surface area contributed by atoms with Crippen LogP contribution in [0.4, 0.5) is 5.69 Å². The van der Waals surface area contributed by atoms with Gasteiger partial charge in [0.05, 0.1) is 0 Å². The molecule has 0 radical (unpaired) electrons. The molecule has 1 aromatic rings. The SMILES string of the molecule is NC(=O)c1cc(NC(=O)[C@H]2CCCO2)ccn1. The van der Waals surface area contributed by atoms with Gasteiger partial charge in [0.1, 0.15) is 11.8 Å². The van der Waals surface area contributed by atoms with E-state index >= 15 is 0 Å². The number of carbonyl (C=O) groups is 2. The van der Waals surface area contributed by atoms with Crippen molar-refractivity contribution in [3.8, 4) is 0 Å². The summed E-state index contributed by atoms with van der Waals surface area (Å²) in [5.74, 6) is -0.831. The van der Waals surface area contributed by atoms with Crippen LogP contribution in [0.3, 0.4) is 0 Å². The number of rotatable bonds is 3. The Morgan fingerprint density at radius 3 is 3.00 bits per heavy atom. The number of nitrogens with one attached hydrogen (secondary N) is 1. The minimum atomic E-state index is -0.627. The largest absolute Gasteiger partial charge is 0.368 e. The van der Waals surface area contributed by atoms with E-state index in [-0.39, 0.29) is 11.6 Å². The number of nitrogens with zero attached hydrogens (tertiary/aromatic N) is 1. The molecule has 17 heavy (non-hydrogen) atoms. The fraction of sp³-hybridized carbons (Fsp3) is 0.364. The molecule has 6 nitrogen and oxygen atoms in total. The maximum Gasteiger partial charge on any atom is 0.267 e. The summed E-state index contributed by atoms with van der Waals surface area (Å²) in [5.41, 5.74) is 5.71. The Morgan fingerprint density at radius 2 is 2.35 bits per heavy atom. The Morgan fingerprint density at radius 1 is 1.53 bits per heavy atom. The first-order valence-electron chi connectivity index (χ1n) is 5.35. The zero-order chi connectivity index (χ0) is 12.3. The minimum absolute atomic E-state index is 0.121. The van der Waals surface area contributed by atoms with Crippen LogP contribution in [0.2, 0.25) is 0 Å². The molecule has 1 aliphatic rings. The summed E-state index contributed by atoms with van der Waals surface area (Å²) >= 11 is 0. The van der Waals surface area contributed by atoms with Crippen molar-refractivity contribution in [2.45, 2.75) is 18.9 Å². The maximum atomic E-state index is 11.7. The first-order chi connectivity index (χ1) is 8.16. The normalized spacial score (nSPS) is 18.9. The summed E-state index contributed by atoms with van der Waals surface area (Å²) in [5, 5.41) is 2.67. The van der Waals surface area contributed by atoms with E-state index in [9.17, 15) is 9.59 Å². The summed E-state index contributed by atoms with van der Waals surface area (Å²) in [4.78, 5) is 26.4. The van der Waals surface area contributed by atoms with E-state index in [1.54, 1.807) is 6.07 Å². The third-order valence-electron chi connectivity index (χ3n) is 2.50. The van der Waals surface area contributed by atoms with E-state index < -0.39 is 12.0 Å². The second-order valence-electron chi connectivity index (χ2n) is 3.78. The zero-order valence-electron chi connectivity index (χ0n) is 9.18. The number of ether oxygens (including phenoxy) is 1. The van der Waals surface area contributed by atoms with Crippen LogP contribution >= 0.6 is 0 Å². The quantitative estimate of drug-likeness (QED) is 0.787. The van der Waals surface area contributed by atoms with Crippen molar-refractivity contribution in [2.75, 3.05) is 11.9 Å². The van der Waals surface area contributed by atoms with Gasteiger partial charge in [-0.3, -0.25) is 14.6 Å². The maximum absolute atomic E-state index is 11.7. The fourth-order valence-corrected chi connectivity index (χ4v) is 1.65. The summed E-state index contributed by atoms with van der Waals surface area (Å²) in [7, 11) is 0. The number of nitrogens with two attached hydrogens (primary N) is 1. The van der Waals surface area contributed by atoms with Gasteiger partial charge in [0.15, 0.2) is 0 Å². The molecule has 0 saturated carbocycles. The van der Waals surface area contributed by atoms with E-state index in [2.05, 4.69) is 10.3 Å². The van der Waals surface area contributed by atoms with Gasteiger partial charge in [-0.2, -0.15) is 0 Å². The summed E-state index contributed by atoms with van der Waals surface area (Å²) in [6.45, 7) is 0.612. The standard InChI is InChI=1S/C11H13N3O3/c12-10(15)8-6-7(3-4-13-8)14-11(16)9-2-1-5-17-9/h3-4,6,9H,1-2,5H2,(H2,12,15)(H,13,14,16)/t9-/m1/s1. The molecule has 1 saturated heterocycles. The van der Waals surface area contributed by atoms with Crippen LogP contribution in [0.1, 0.15) is 23.3 Å². The Hall–Kier alpha value is -1.95. The molecular formula is C11H13N3O3. The Bertz CT molecular complexity index is 441. The second kappa shape index (κ2) is 4.92. The molecule has 6 heteroatoms. The zero-order valence-corrected chi connectivity index (χ0v) is 9.18. The molecule has 1 aliphatic heterocycles. The number of aromatic nitrogens is 1. The van der Waals surface area contributed by atoms with E-state index in [1.165, 1.54) is 12.3 Å². The molecule has 1 atom stereocenters. The van der Waals surface area contributed by atoms with Crippen LogP contribution in [0, 0.1) is 0 Å². The van der Waals surface area contributed by atoms with Crippen LogP contribution < -0.4 is 11.1 Å². The van der Waals surface area contributed by atoms with Crippen molar-refractivity contribution in [3.63, 3.8) is 0 Å². The highest BCUT2D eigenvalue weighted by Gasteiger charge is 2.23. The average Bonchev–Trinajstić information content (AvgIpc) is 2.82. The van der Waals surface area contributed by atoms with Crippen LogP contribution in [0.5, 0.6) is 0 Å². The van der Waals surface area contributed by atoms with Crippen LogP contribution in [-0.4, -0.2) is 29.5 Å². The first-order valence-corrected chi connectivity index (χ1v) is 5.35. The topological polar surface area (TPSA) is 94.3 Å². The number of hydrogen-bond acceptors (Lipinski definition) is 4. The number of carbonyl (C=O) groups excluding carboxylic acids is 2. The average molecular weight is 235 g/mol. The molecule has 1 aromatic heterocycles. The summed E-state index contributed by atoms with van der Waals surface area (Å²) in [6.07, 6.45) is 2.63. The smallest absolute Gasteiger partial charge is 0.267 e. The highest BCUT2D eigenvalue weighted by atomic mass is 16.5. The highest BCUT2D eigenvalue weighted by molar-refractivity contribution is 5.96. The van der Waals surface area contributed by atoms with Crippen molar-refractivity contribution < 1.29 is 14.3 Å². The summed E-state index contributed by atoms with van der Waals surface area (Å²) in [6, 6.07) is 3.04. The van der Waals surface area contributed by atoms with Gasteiger partial charge >= 0.3 is 0 Å². The van der Waals surface area contributed by atoms with Gasteiger partial charge in [0.25, 0.3) is 11.8 Å². The van der Waals surface area contributed by atoms with Crippen molar-refractivity contribution in [1.82, 2.24) is 4.98 Å². The van der Waals surface area contributed by atoms with Crippen LogP contribution in [-0.2, 0) is 9.53 Å². The van der Waals surface area contributed by atoms with E-state index in [0.29, 0.717) is 12.3 Å². The lowest BCUT2D eigenvalue weighted by Gasteiger charge is -2.10.